The minimum atomic E-state index is -1.14. The van der Waals surface area contributed by atoms with Crippen LogP contribution < -0.4 is 10.5 Å². The van der Waals surface area contributed by atoms with E-state index in [0.717, 1.165) is 6.07 Å². The van der Waals surface area contributed by atoms with Crippen molar-refractivity contribution in [2.75, 3.05) is 6.61 Å². The lowest BCUT2D eigenvalue weighted by molar-refractivity contribution is 0.0690. The number of halogens is 1. The Morgan fingerprint density at radius 2 is 2.33 bits per heavy atom. The maximum absolute atomic E-state index is 13.4. The molecule has 1 aromatic carbocycles. The normalized spacial score (nSPS) is 19.2. The van der Waals surface area contributed by atoms with Crippen LogP contribution in [0, 0.1) is 5.82 Å². The van der Waals surface area contributed by atoms with E-state index in [-0.39, 0.29) is 16.9 Å². The average Bonchev–Trinajstić information content (AvgIpc) is 2.17. The number of carbonyl (C=O) groups is 1. The van der Waals surface area contributed by atoms with E-state index >= 15 is 0 Å². The van der Waals surface area contributed by atoms with Crippen molar-refractivity contribution in [2.24, 2.45) is 5.73 Å². The molecule has 2 rings (SSSR count). The number of ether oxygens (including phenoxy) is 1. The molecule has 0 fully saturated rings. The van der Waals surface area contributed by atoms with Gasteiger partial charge in [0, 0.05) is 18.0 Å². The van der Waals surface area contributed by atoms with E-state index in [1.54, 1.807) is 0 Å². The zero-order chi connectivity index (χ0) is 11.0. The van der Waals surface area contributed by atoms with Gasteiger partial charge in [-0.15, -0.1) is 0 Å². The molecule has 0 saturated carbocycles. The zero-order valence-corrected chi connectivity index (χ0v) is 7.87. The lowest BCUT2D eigenvalue weighted by atomic mass is 9.97. The highest BCUT2D eigenvalue weighted by atomic mass is 19.1. The highest BCUT2D eigenvalue weighted by Crippen LogP contribution is 2.35. The Morgan fingerprint density at radius 1 is 1.60 bits per heavy atom. The van der Waals surface area contributed by atoms with Crippen molar-refractivity contribution in [3.8, 4) is 5.75 Å². The summed E-state index contributed by atoms with van der Waals surface area (Å²) in [6.45, 7) is 0.317. The van der Waals surface area contributed by atoms with Crippen LogP contribution in [0.4, 0.5) is 4.39 Å². The van der Waals surface area contributed by atoms with Gasteiger partial charge in [0.05, 0.1) is 6.61 Å². The third-order valence-corrected chi connectivity index (χ3v) is 2.42. The number of rotatable bonds is 1. The molecule has 1 aliphatic heterocycles. The van der Waals surface area contributed by atoms with E-state index in [4.69, 9.17) is 15.6 Å². The summed E-state index contributed by atoms with van der Waals surface area (Å²) in [5.41, 5.74) is 5.83. The van der Waals surface area contributed by atoms with Crippen LogP contribution in [0.3, 0.4) is 0 Å². The molecule has 0 aliphatic carbocycles. The van der Waals surface area contributed by atoms with Crippen LogP contribution in [0.1, 0.15) is 28.4 Å². The number of carboxylic acid groups (broad SMARTS) is 1. The summed E-state index contributed by atoms with van der Waals surface area (Å²) in [6.07, 6.45) is 0.493. The van der Waals surface area contributed by atoms with Gasteiger partial charge < -0.3 is 15.6 Å². The SMILES string of the molecule is N[C@H]1CCOc2c(C(=O)O)ccc(F)c21. The highest BCUT2D eigenvalue weighted by Gasteiger charge is 2.26. The van der Waals surface area contributed by atoms with Crippen LogP contribution in [0.25, 0.3) is 0 Å². The fourth-order valence-electron chi connectivity index (χ4n) is 1.68. The molecular weight excluding hydrogens is 201 g/mol. The van der Waals surface area contributed by atoms with Gasteiger partial charge in [0.25, 0.3) is 0 Å². The fraction of sp³-hybridized carbons (Fsp3) is 0.300. The van der Waals surface area contributed by atoms with E-state index in [1.165, 1.54) is 6.07 Å². The van der Waals surface area contributed by atoms with Crippen LogP contribution in [-0.4, -0.2) is 17.7 Å². The Bertz CT molecular complexity index is 419. The van der Waals surface area contributed by atoms with Gasteiger partial charge in [0.2, 0.25) is 0 Å². The van der Waals surface area contributed by atoms with Crippen molar-refractivity contribution in [2.45, 2.75) is 12.5 Å². The summed E-state index contributed by atoms with van der Waals surface area (Å²) >= 11 is 0. The van der Waals surface area contributed by atoms with Crippen LogP contribution in [-0.2, 0) is 0 Å². The van der Waals surface area contributed by atoms with Gasteiger partial charge in [0.1, 0.15) is 17.1 Å². The van der Waals surface area contributed by atoms with Crippen LogP contribution in [0.2, 0.25) is 0 Å². The van der Waals surface area contributed by atoms with Gasteiger partial charge >= 0.3 is 5.97 Å². The first-order valence-corrected chi connectivity index (χ1v) is 4.55. The number of hydrogen-bond donors (Lipinski definition) is 2. The highest BCUT2D eigenvalue weighted by molar-refractivity contribution is 5.91. The molecule has 1 atom stereocenters. The molecule has 0 aromatic heterocycles. The Balaban J connectivity index is 2.63. The molecule has 1 heterocycles. The van der Waals surface area contributed by atoms with E-state index < -0.39 is 17.8 Å². The van der Waals surface area contributed by atoms with Gasteiger partial charge in [-0.25, -0.2) is 9.18 Å². The standard InChI is InChI=1S/C10H10FNO3/c11-6-2-1-5(10(13)14)9-8(6)7(12)3-4-15-9/h1-2,7H,3-4,12H2,(H,13,14)/t7-/m0/s1. The Hall–Kier alpha value is -1.62. The molecule has 0 amide bonds. The van der Waals surface area contributed by atoms with Gasteiger partial charge in [-0.05, 0) is 12.1 Å². The molecule has 15 heavy (non-hydrogen) atoms. The topological polar surface area (TPSA) is 72.5 Å². The maximum Gasteiger partial charge on any atom is 0.339 e. The largest absolute Gasteiger partial charge is 0.492 e. The number of aromatic carboxylic acids is 1. The summed E-state index contributed by atoms with van der Waals surface area (Å²) in [7, 11) is 0. The quantitative estimate of drug-likeness (QED) is 0.734. The first kappa shape index (κ1) is 9.92. The van der Waals surface area contributed by atoms with Crippen LogP contribution >= 0.6 is 0 Å². The molecule has 80 valence electrons. The minimum absolute atomic E-state index is 0.0402. The molecule has 0 saturated heterocycles. The number of fused-ring (bicyclic) bond motifs is 1. The molecule has 0 radical (unpaired) electrons. The summed E-state index contributed by atoms with van der Waals surface area (Å²) in [5.74, 6) is -1.58. The van der Waals surface area contributed by atoms with Crippen molar-refractivity contribution in [3.63, 3.8) is 0 Å². The lowest BCUT2D eigenvalue weighted by Crippen LogP contribution is -2.23. The smallest absolute Gasteiger partial charge is 0.339 e. The van der Waals surface area contributed by atoms with Crippen LogP contribution in [0.5, 0.6) is 5.75 Å². The van der Waals surface area contributed by atoms with Gasteiger partial charge in [0.15, 0.2) is 0 Å². The number of hydrogen-bond acceptors (Lipinski definition) is 3. The predicted molar refractivity (Wildman–Crippen MR) is 50.4 cm³/mol. The molecule has 0 spiro atoms. The monoisotopic (exact) mass is 211 g/mol. The van der Waals surface area contributed by atoms with Gasteiger partial charge in [-0.2, -0.15) is 0 Å². The zero-order valence-electron chi connectivity index (χ0n) is 7.87. The molecule has 0 unspecified atom stereocenters. The first-order valence-electron chi connectivity index (χ1n) is 4.55. The molecule has 1 aromatic rings. The van der Waals surface area contributed by atoms with Crippen molar-refractivity contribution < 1.29 is 19.0 Å². The lowest BCUT2D eigenvalue weighted by Gasteiger charge is -2.24. The van der Waals surface area contributed by atoms with E-state index in [9.17, 15) is 9.18 Å². The molecule has 0 bridgehead atoms. The van der Waals surface area contributed by atoms with Crippen molar-refractivity contribution in [3.05, 3.63) is 29.1 Å². The van der Waals surface area contributed by atoms with E-state index in [2.05, 4.69) is 0 Å². The predicted octanol–water partition coefficient (Wildman–Crippen LogP) is 1.31. The summed E-state index contributed by atoms with van der Waals surface area (Å²) in [6, 6.07) is 1.80. The van der Waals surface area contributed by atoms with E-state index in [1.807, 2.05) is 0 Å². The van der Waals surface area contributed by atoms with Gasteiger partial charge in [-0.1, -0.05) is 0 Å². The second-order valence-corrected chi connectivity index (χ2v) is 3.39. The molecule has 1 aliphatic rings. The average molecular weight is 211 g/mol. The minimum Gasteiger partial charge on any atom is -0.492 e. The number of carboxylic acids is 1. The van der Waals surface area contributed by atoms with Crippen molar-refractivity contribution in [1.29, 1.82) is 0 Å². The number of nitrogens with two attached hydrogens (primary N) is 1. The fourth-order valence-corrected chi connectivity index (χ4v) is 1.68. The summed E-state index contributed by atoms with van der Waals surface area (Å²) in [4.78, 5) is 10.8. The maximum atomic E-state index is 13.4. The second-order valence-electron chi connectivity index (χ2n) is 3.39. The molecule has 5 heteroatoms. The Morgan fingerprint density at radius 3 is 3.00 bits per heavy atom. The van der Waals surface area contributed by atoms with Crippen molar-refractivity contribution >= 4 is 5.97 Å². The molecule has 3 N–H and O–H groups in total. The summed E-state index contributed by atoms with van der Waals surface area (Å²) < 4.78 is 18.6. The van der Waals surface area contributed by atoms with Gasteiger partial charge in [-0.3, -0.25) is 0 Å². The first-order chi connectivity index (χ1) is 7.11. The van der Waals surface area contributed by atoms with Crippen LogP contribution in [0.15, 0.2) is 12.1 Å². The number of benzene rings is 1. The van der Waals surface area contributed by atoms with E-state index in [0.29, 0.717) is 13.0 Å². The third kappa shape index (κ3) is 1.55. The molecular formula is C10H10FNO3. The van der Waals surface area contributed by atoms with Crippen molar-refractivity contribution in [1.82, 2.24) is 0 Å². The summed E-state index contributed by atoms with van der Waals surface area (Å²) in [5, 5.41) is 8.87. The molecule has 4 nitrogen and oxygen atoms in total. The third-order valence-electron chi connectivity index (χ3n) is 2.42. The second kappa shape index (κ2) is 3.51. The Labute approximate surface area is 85.5 Å². The Kier molecular flexibility index (Phi) is 2.32.